The minimum atomic E-state index is 0.696. The standard InChI is InChI=1S/C15H18O/c1-2-3-4-5-6-7-8-9-10-11-12-13-14-15-16/h6-7,13-15H,2-5,8H2,1H3. The summed E-state index contributed by atoms with van der Waals surface area (Å²) in [5, 5.41) is 0. The molecular formula is C15H18O. The van der Waals surface area contributed by atoms with Gasteiger partial charge in [-0.05, 0) is 36.8 Å². The third kappa shape index (κ3) is 12.3. The molecule has 0 aliphatic rings. The van der Waals surface area contributed by atoms with Crippen LogP contribution in [0, 0.1) is 23.7 Å². The Bertz CT molecular complexity index is 339. The van der Waals surface area contributed by atoms with Gasteiger partial charge in [0.1, 0.15) is 6.29 Å². The van der Waals surface area contributed by atoms with Crippen LogP contribution in [0.1, 0.15) is 39.0 Å². The van der Waals surface area contributed by atoms with Gasteiger partial charge in [-0.1, -0.05) is 43.8 Å². The maximum Gasteiger partial charge on any atom is 0.143 e. The Morgan fingerprint density at radius 2 is 2.00 bits per heavy atom. The number of rotatable bonds is 6. The molecule has 0 aromatic rings. The molecule has 0 aliphatic heterocycles. The van der Waals surface area contributed by atoms with Gasteiger partial charge in [0, 0.05) is 6.42 Å². The normalized spacial score (nSPS) is 9.56. The molecule has 0 fully saturated rings. The van der Waals surface area contributed by atoms with Crippen LogP contribution in [-0.4, -0.2) is 6.29 Å². The van der Waals surface area contributed by atoms with Crippen LogP contribution in [0.3, 0.4) is 0 Å². The van der Waals surface area contributed by atoms with Gasteiger partial charge in [0.2, 0.25) is 0 Å². The molecule has 0 spiro atoms. The second-order valence-corrected chi connectivity index (χ2v) is 3.24. The maximum absolute atomic E-state index is 9.89. The van der Waals surface area contributed by atoms with Gasteiger partial charge in [0.05, 0.1) is 0 Å². The van der Waals surface area contributed by atoms with Crippen molar-refractivity contribution in [2.24, 2.45) is 0 Å². The van der Waals surface area contributed by atoms with E-state index < -0.39 is 0 Å². The Kier molecular flexibility index (Phi) is 11.8. The molecule has 0 unspecified atom stereocenters. The summed E-state index contributed by atoms with van der Waals surface area (Å²) in [6.07, 6.45) is 13.5. The molecule has 84 valence electrons. The van der Waals surface area contributed by atoms with E-state index in [9.17, 15) is 4.79 Å². The summed E-state index contributed by atoms with van der Waals surface area (Å²) in [4.78, 5) is 9.89. The van der Waals surface area contributed by atoms with Crippen LogP contribution in [0.2, 0.25) is 0 Å². The summed E-state index contributed by atoms with van der Waals surface area (Å²) >= 11 is 0. The van der Waals surface area contributed by atoms with Gasteiger partial charge in [0.15, 0.2) is 0 Å². The number of carbonyl (C=O) groups is 1. The fourth-order valence-corrected chi connectivity index (χ4v) is 1.03. The maximum atomic E-state index is 9.89. The predicted octanol–water partition coefficient (Wildman–Crippen LogP) is 3.27. The van der Waals surface area contributed by atoms with E-state index in [1.807, 2.05) is 0 Å². The summed E-state index contributed by atoms with van der Waals surface area (Å²) in [6, 6.07) is 0. The molecule has 0 atom stereocenters. The highest BCUT2D eigenvalue weighted by Gasteiger charge is 1.80. The molecule has 0 bridgehead atoms. The zero-order chi connectivity index (χ0) is 11.9. The molecule has 0 heterocycles. The molecule has 0 aromatic carbocycles. The molecule has 0 saturated carbocycles. The first-order valence-electron chi connectivity index (χ1n) is 5.65. The second kappa shape index (κ2) is 13.3. The number of hydrogen-bond donors (Lipinski definition) is 0. The summed E-state index contributed by atoms with van der Waals surface area (Å²) in [5.74, 6) is 10.9. The third-order valence-corrected chi connectivity index (χ3v) is 1.84. The van der Waals surface area contributed by atoms with Crippen molar-refractivity contribution < 1.29 is 4.79 Å². The molecule has 0 radical (unpaired) electrons. The first-order valence-corrected chi connectivity index (χ1v) is 5.65. The van der Waals surface area contributed by atoms with E-state index in [2.05, 4.69) is 42.8 Å². The van der Waals surface area contributed by atoms with Gasteiger partial charge in [-0.3, -0.25) is 4.79 Å². The highest BCUT2D eigenvalue weighted by molar-refractivity contribution is 5.65. The lowest BCUT2D eigenvalue weighted by Crippen LogP contribution is -1.70. The molecule has 1 heteroatoms. The van der Waals surface area contributed by atoms with Crippen molar-refractivity contribution in [3.63, 3.8) is 0 Å². The van der Waals surface area contributed by atoms with E-state index >= 15 is 0 Å². The average Bonchev–Trinajstić information content (AvgIpc) is 2.31. The molecule has 0 rings (SSSR count). The third-order valence-electron chi connectivity index (χ3n) is 1.84. The lowest BCUT2D eigenvalue weighted by molar-refractivity contribution is -0.104. The molecular weight excluding hydrogens is 196 g/mol. The Morgan fingerprint density at radius 1 is 1.12 bits per heavy atom. The van der Waals surface area contributed by atoms with E-state index in [4.69, 9.17) is 0 Å². The number of aldehydes is 1. The molecule has 0 saturated heterocycles. The van der Waals surface area contributed by atoms with Crippen molar-refractivity contribution in [1.82, 2.24) is 0 Å². The monoisotopic (exact) mass is 214 g/mol. The van der Waals surface area contributed by atoms with Gasteiger partial charge in [-0.2, -0.15) is 0 Å². The zero-order valence-electron chi connectivity index (χ0n) is 9.83. The van der Waals surface area contributed by atoms with Gasteiger partial charge >= 0.3 is 0 Å². The zero-order valence-corrected chi connectivity index (χ0v) is 9.83. The van der Waals surface area contributed by atoms with E-state index in [1.165, 1.54) is 31.4 Å². The number of hydrogen-bond acceptors (Lipinski definition) is 1. The number of carbonyl (C=O) groups excluding carboxylic acids is 1. The Balaban J connectivity index is 3.56. The van der Waals surface area contributed by atoms with E-state index in [0.717, 1.165) is 12.8 Å². The summed E-state index contributed by atoms with van der Waals surface area (Å²) in [6.45, 7) is 2.20. The van der Waals surface area contributed by atoms with Crippen LogP contribution in [0.25, 0.3) is 0 Å². The van der Waals surface area contributed by atoms with Crippen LogP contribution in [0.4, 0.5) is 0 Å². The highest BCUT2D eigenvalue weighted by atomic mass is 16.1. The van der Waals surface area contributed by atoms with Crippen LogP contribution in [0.15, 0.2) is 24.3 Å². The first-order chi connectivity index (χ1) is 7.91. The smallest absolute Gasteiger partial charge is 0.143 e. The molecule has 16 heavy (non-hydrogen) atoms. The van der Waals surface area contributed by atoms with Gasteiger partial charge in [-0.15, -0.1) is 0 Å². The van der Waals surface area contributed by atoms with Crippen molar-refractivity contribution >= 4 is 6.29 Å². The molecule has 0 N–H and O–H groups in total. The Morgan fingerprint density at radius 3 is 2.75 bits per heavy atom. The minimum absolute atomic E-state index is 0.696. The van der Waals surface area contributed by atoms with Crippen molar-refractivity contribution in [2.75, 3.05) is 0 Å². The van der Waals surface area contributed by atoms with Gasteiger partial charge in [-0.25, -0.2) is 0 Å². The second-order valence-electron chi connectivity index (χ2n) is 3.24. The van der Waals surface area contributed by atoms with Crippen LogP contribution in [-0.2, 0) is 4.79 Å². The number of unbranched alkanes of at least 4 members (excludes halogenated alkanes) is 3. The summed E-state index contributed by atoms with van der Waals surface area (Å²) in [7, 11) is 0. The molecule has 1 nitrogen and oxygen atoms in total. The highest BCUT2D eigenvalue weighted by Crippen LogP contribution is 1.99. The average molecular weight is 214 g/mol. The summed E-state index contributed by atoms with van der Waals surface area (Å²) in [5.41, 5.74) is 0. The number of allylic oxidation sites excluding steroid dienone is 4. The van der Waals surface area contributed by atoms with Crippen molar-refractivity contribution in [3.8, 4) is 23.7 Å². The van der Waals surface area contributed by atoms with Crippen LogP contribution < -0.4 is 0 Å². The quantitative estimate of drug-likeness (QED) is 0.218. The van der Waals surface area contributed by atoms with Crippen LogP contribution in [0.5, 0.6) is 0 Å². The lowest BCUT2D eigenvalue weighted by atomic mass is 10.2. The minimum Gasteiger partial charge on any atom is -0.299 e. The molecule has 0 amide bonds. The SMILES string of the molecule is CCCCCC=CCC#CC#CC=CC=O. The predicted molar refractivity (Wildman–Crippen MR) is 68.7 cm³/mol. The van der Waals surface area contributed by atoms with Crippen LogP contribution >= 0.6 is 0 Å². The van der Waals surface area contributed by atoms with E-state index in [1.54, 1.807) is 0 Å². The fourth-order valence-electron chi connectivity index (χ4n) is 1.03. The van der Waals surface area contributed by atoms with Crippen molar-refractivity contribution in [3.05, 3.63) is 24.3 Å². The first kappa shape index (κ1) is 14.3. The van der Waals surface area contributed by atoms with Gasteiger partial charge < -0.3 is 0 Å². The van der Waals surface area contributed by atoms with E-state index in [-0.39, 0.29) is 0 Å². The fraction of sp³-hybridized carbons (Fsp3) is 0.400. The lowest BCUT2D eigenvalue weighted by Gasteiger charge is -1.89. The molecule has 0 aromatic heterocycles. The van der Waals surface area contributed by atoms with Crippen molar-refractivity contribution in [2.45, 2.75) is 39.0 Å². The largest absolute Gasteiger partial charge is 0.299 e. The van der Waals surface area contributed by atoms with Crippen molar-refractivity contribution in [1.29, 1.82) is 0 Å². The van der Waals surface area contributed by atoms with E-state index in [0.29, 0.717) is 6.29 Å². The molecule has 0 aliphatic carbocycles. The summed E-state index contributed by atoms with van der Waals surface area (Å²) < 4.78 is 0. The topological polar surface area (TPSA) is 17.1 Å². The Hall–Kier alpha value is -1.73. The van der Waals surface area contributed by atoms with Gasteiger partial charge in [0.25, 0.3) is 0 Å². The Labute approximate surface area is 98.6 Å².